The van der Waals surface area contributed by atoms with E-state index in [0.29, 0.717) is 28.0 Å². The maximum atomic E-state index is 14.8. The van der Waals surface area contributed by atoms with E-state index in [1.165, 1.54) is 6.07 Å². The smallest absolute Gasteiger partial charge is 0.238 e. The zero-order valence-electron chi connectivity index (χ0n) is 16.7. The molecule has 7 heteroatoms. The summed E-state index contributed by atoms with van der Waals surface area (Å²) in [6.45, 7) is 0. The van der Waals surface area contributed by atoms with E-state index in [0.717, 1.165) is 24.8 Å². The first kappa shape index (κ1) is 20.9. The molecule has 0 aromatic heterocycles. The van der Waals surface area contributed by atoms with Gasteiger partial charge in [0.25, 0.3) is 0 Å². The van der Waals surface area contributed by atoms with Gasteiger partial charge in [-0.15, -0.1) is 0 Å². The Hall–Kier alpha value is -2.40. The molecule has 5 atom stereocenters. The lowest BCUT2D eigenvalue weighted by Crippen LogP contribution is -2.50. The van der Waals surface area contributed by atoms with Gasteiger partial charge in [0.1, 0.15) is 18.1 Å². The highest BCUT2D eigenvalue weighted by atomic mass is 32.2. The molecule has 5 nitrogen and oxygen atoms in total. The minimum Gasteiger partial charge on any atom is -0.612 e. The lowest BCUT2D eigenvalue weighted by atomic mass is 9.98. The molecule has 2 aromatic carbocycles. The van der Waals surface area contributed by atoms with Crippen molar-refractivity contribution < 1.29 is 13.7 Å². The number of fused-ring (bicyclic) bond motifs is 2. The van der Waals surface area contributed by atoms with Crippen LogP contribution in [0.3, 0.4) is 0 Å². The van der Waals surface area contributed by atoms with Gasteiger partial charge in [-0.2, -0.15) is 5.26 Å². The first-order valence-electron chi connectivity index (χ1n) is 10.1. The van der Waals surface area contributed by atoms with Crippen LogP contribution in [-0.4, -0.2) is 34.8 Å². The predicted octanol–water partition coefficient (Wildman–Crippen LogP) is 2.92. The lowest BCUT2D eigenvalue weighted by molar-refractivity contribution is -0.124. The summed E-state index contributed by atoms with van der Waals surface area (Å²) in [5.41, 5.74) is 1.83. The number of amides is 1. The van der Waals surface area contributed by atoms with Crippen molar-refractivity contribution >= 4 is 17.1 Å². The topological polar surface area (TPSA) is 88.0 Å². The number of hydrogen-bond donors (Lipinski definition) is 2. The van der Waals surface area contributed by atoms with E-state index in [9.17, 15) is 19.0 Å². The molecule has 30 heavy (non-hydrogen) atoms. The minimum absolute atomic E-state index is 0.105. The molecule has 1 aliphatic heterocycles. The van der Waals surface area contributed by atoms with Crippen molar-refractivity contribution in [1.29, 1.82) is 5.26 Å². The second kappa shape index (κ2) is 8.76. The largest absolute Gasteiger partial charge is 0.612 e. The van der Waals surface area contributed by atoms with Crippen LogP contribution in [0.2, 0.25) is 0 Å². The Morgan fingerprint density at radius 1 is 1.33 bits per heavy atom. The SMILES string of the molecule is C[S+]([O-])c1cccc(-c2ccc(C[C@@H](C#N)NC(=O)C3NC4CCC3C4)c(F)c2)c1. The number of benzene rings is 2. The van der Waals surface area contributed by atoms with Crippen molar-refractivity contribution in [3.63, 3.8) is 0 Å². The molecule has 2 fully saturated rings. The fraction of sp³-hybridized carbons (Fsp3) is 0.391. The zero-order chi connectivity index (χ0) is 21.3. The molecule has 2 N–H and O–H groups in total. The number of rotatable bonds is 6. The Morgan fingerprint density at radius 3 is 2.77 bits per heavy atom. The van der Waals surface area contributed by atoms with Crippen LogP contribution in [0, 0.1) is 23.1 Å². The van der Waals surface area contributed by atoms with Gasteiger partial charge in [-0.05, 0) is 65.2 Å². The first-order valence-corrected chi connectivity index (χ1v) is 11.7. The van der Waals surface area contributed by atoms with Gasteiger partial charge < -0.3 is 15.2 Å². The van der Waals surface area contributed by atoms with Crippen molar-refractivity contribution in [2.45, 2.75) is 48.7 Å². The lowest BCUT2D eigenvalue weighted by Gasteiger charge is -2.23. The van der Waals surface area contributed by atoms with E-state index in [1.54, 1.807) is 36.6 Å². The van der Waals surface area contributed by atoms with Gasteiger partial charge >= 0.3 is 0 Å². The van der Waals surface area contributed by atoms with Gasteiger partial charge in [0.05, 0.1) is 12.1 Å². The Balaban J connectivity index is 1.44. The molecule has 2 aromatic rings. The summed E-state index contributed by atoms with van der Waals surface area (Å²) in [7, 11) is 0. The molecular formula is C23H24FN3O2S. The molecular weight excluding hydrogens is 401 g/mol. The van der Waals surface area contributed by atoms with Crippen molar-refractivity contribution in [3.05, 3.63) is 53.8 Å². The van der Waals surface area contributed by atoms with Crippen LogP contribution >= 0.6 is 0 Å². The third-order valence-corrected chi connectivity index (χ3v) is 7.01. The number of carbonyl (C=O) groups is 1. The van der Waals surface area contributed by atoms with Crippen LogP contribution < -0.4 is 10.6 Å². The maximum Gasteiger partial charge on any atom is 0.238 e. The van der Waals surface area contributed by atoms with E-state index < -0.39 is 23.0 Å². The van der Waals surface area contributed by atoms with E-state index >= 15 is 0 Å². The summed E-state index contributed by atoms with van der Waals surface area (Å²) in [4.78, 5) is 13.2. The van der Waals surface area contributed by atoms with Crippen molar-refractivity contribution in [3.8, 4) is 17.2 Å². The fourth-order valence-corrected chi connectivity index (χ4v) is 5.07. The van der Waals surface area contributed by atoms with E-state index in [2.05, 4.69) is 16.7 Å². The number of hydrogen-bond acceptors (Lipinski definition) is 4. The second-order valence-corrected chi connectivity index (χ2v) is 9.48. The van der Waals surface area contributed by atoms with Crippen molar-refractivity contribution in [2.75, 3.05) is 6.26 Å². The highest BCUT2D eigenvalue weighted by Gasteiger charge is 2.43. The number of piperidine rings is 1. The van der Waals surface area contributed by atoms with Gasteiger partial charge in [-0.1, -0.05) is 24.3 Å². The molecule has 0 spiro atoms. The molecule has 2 bridgehead atoms. The average molecular weight is 426 g/mol. The van der Waals surface area contributed by atoms with Crippen molar-refractivity contribution in [1.82, 2.24) is 10.6 Å². The average Bonchev–Trinajstić information content (AvgIpc) is 3.38. The summed E-state index contributed by atoms with van der Waals surface area (Å²) in [6.07, 6.45) is 4.86. The first-order chi connectivity index (χ1) is 14.4. The molecule has 2 aliphatic rings. The van der Waals surface area contributed by atoms with Crippen LogP contribution in [0.25, 0.3) is 11.1 Å². The van der Waals surface area contributed by atoms with Crippen molar-refractivity contribution in [2.24, 2.45) is 5.92 Å². The molecule has 1 heterocycles. The Bertz CT molecular complexity index is 991. The minimum atomic E-state index is -1.11. The standard InChI is InChI=1S/C23H24FN3O2S/c1-30(29)20-4-2-3-14(11-20)15-5-6-16(21(24)12-15)9-19(13-25)27-23(28)22-17-7-8-18(10-17)26-22/h2-6,11-12,17-19,22,26H,7-10H2,1H3,(H,27,28)/t17?,18?,19-,22?,30?/m0/s1. The number of nitrogens with one attached hydrogen (secondary N) is 2. The zero-order valence-corrected chi connectivity index (χ0v) is 17.5. The maximum absolute atomic E-state index is 14.8. The van der Waals surface area contributed by atoms with Crippen LogP contribution in [0.5, 0.6) is 0 Å². The van der Waals surface area contributed by atoms with Gasteiger partial charge in [-0.3, -0.25) is 4.79 Å². The quantitative estimate of drug-likeness (QED) is 0.697. The Morgan fingerprint density at radius 2 is 2.13 bits per heavy atom. The molecule has 1 saturated carbocycles. The summed E-state index contributed by atoms with van der Waals surface area (Å²) >= 11 is -1.11. The molecule has 0 radical (unpaired) electrons. The third-order valence-electron chi connectivity index (χ3n) is 6.09. The normalized spacial score (nSPS) is 24.3. The summed E-state index contributed by atoms with van der Waals surface area (Å²) in [5, 5.41) is 15.6. The van der Waals surface area contributed by atoms with E-state index in [-0.39, 0.29) is 18.4 Å². The van der Waals surface area contributed by atoms with E-state index in [4.69, 9.17) is 0 Å². The van der Waals surface area contributed by atoms with Crippen LogP contribution in [0.4, 0.5) is 4.39 Å². The summed E-state index contributed by atoms with van der Waals surface area (Å²) in [5.74, 6) is -0.267. The Labute approximate surface area is 178 Å². The number of nitriles is 1. The summed E-state index contributed by atoms with van der Waals surface area (Å²) in [6, 6.07) is 13.5. The second-order valence-electron chi connectivity index (χ2n) is 8.10. The molecule has 1 aliphatic carbocycles. The number of carbonyl (C=O) groups excluding carboxylic acids is 1. The van der Waals surface area contributed by atoms with Gasteiger partial charge in [0, 0.05) is 18.5 Å². The fourth-order valence-electron chi connectivity index (χ4n) is 4.51. The van der Waals surface area contributed by atoms with Gasteiger partial charge in [0.15, 0.2) is 4.90 Å². The molecule has 4 rings (SSSR count). The van der Waals surface area contributed by atoms with E-state index in [1.807, 2.05) is 6.07 Å². The number of halogens is 1. The van der Waals surface area contributed by atoms with Gasteiger partial charge in [0.2, 0.25) is 5.91 Å². The third kappa shape index (κ3) is 4.36. The summed E-state index contributed by atoms with van der Waals surface area (Å²) < 4.78 is 26.5. The van der Waals surface area contributed by atoms with Crippen LogP contribution in [-0.2, 0) is 22.4 Å². The van der Waals surface area contributed by atoms with Gasteiger partial charge in [-0.25, -0.2) is 4.39 Å². The molecule has 1 saturated heterocycles. The molecule has 4 unspecified atom stereocenters. The molecule has 156 valence electrons. The molecule has 1 amide bonds. The predicted molar refractivity (Wildman–Crippen MR) is 113 cm³/mol. The Kier molecular flexibility index (Phi) is 6.09. The van der Waals surface area contributed by atoms with Crippen LogP contribution in [0.1, 0.15) is 24.8 Å². The number of nitrogens with zero attached hydrogens (tertiary/aromatic N) is 1. The highest BCUT2D eigenvalue weighted by Crippen LogP contribution is 2.35. The van der Waals surface area contributed by atoms with Crippen LogP contribution in [0.15, 0.2) is 47.4 Å². The monoisotopic (exact) mass is 425 g/mol. The highest BCUT2D eigenvalue weighted by molar-refractivity contribution is 7.90.